The zero-order valence-corrected chi connectivity index (χ0v) is 9.12. The van der Waals surface area contributed by atoms with Gasteiger partial charge in [-0.05, 0) is 13.5 Å². The highest BCUT2D eigenvalue weighted by Crippen LogP contribution is 2.19. The molecule has 1 fully saturated rings. The van der Waals surface area contributed by atoms with E-state index in [-0.39, 0.29) is 11.9 Å². The fourth-order valence-corrected chi connectivity index (χ4v) is 1.65. The van der Waals surface area contributed by atoms with Gasteiger partial charge in [-0.2, -0.15) is 0 Å². The monoisotopic (exact) mass is 198 g/mol. The van der Waals surface area contributed by atoms with E-state index >= 15 is 0 Å². The number of carbonyl (C=O) groups excluding carboxylic acids is 2. The van der Waals surface area contributed by atoms with Gasteiger partial charge in [0.25, 0.3) is 0 Å². The van der Waals surface area contributed by atoms with Crippen molar-refractivity contribution in [2.75, 3.05) is 27.7 Å². The Morgan fingerprint density at radius 2 is 2.07 bits per heavy atom. The van der Waals surface area contributed by atoms with Crippen molar-refractivity contribution in [3.05, 3.63) is 0 Å². The lowest BCUT2D eigenvalue weighted by Gasteiger charge is -2.24. The Morgan fingerprint density at radius 1 is 1.43 bits per heavy atom. The van der Waals surface area contributed by atoms with Gasteiger partial charge in [-0.3, -0.25) is 14.5 Å². The number of Topliss-reactive ketones (excluding diaryl/α,β-unsaturated/α-hetero) is 1. The average molecular weight is 198 g/mol. The third-order valence-electron chi connectivity index (χ3n) is 2.73. The van der Waals surface area contributed by atoms with Crippen LogP contribution in [0.2, 0.25) is 0 Å². The van der Waals surface area contributed by atoms with E-state index < -0.39 is 0 Å². The van der Waals surface area contributed by atoms with E-state index in [1.807, 2.05) is 11.9 Å². The minimum absolute atomic E-state index is 0.0897. The molecule has 1 aliphatic carbocycles. The second-order valence-corrected chi connectivity index (χ2v) is 4.14. The SMILES string of the molecule is CN(C)C(=O)CN(C)C1CCC(=O)C1. The molecule has 1 unspecified atom stereocenters. The van der Waals surface area contributed by atoms with Crippen LogP contribution < -0.4 is 0 Å². The Morgan fingerprint density at radius 3 is 2.50 bits per heavy atom. The van der Waals surface area contributed by atoms with Gasteiger partial charge in [0.15, 0.2) is 0 Å². The Labute approximate surface area is 84.9 Å². The number of nitrogens with zero attached hydrogens (tertiary/aromatic N) is 2. The van der Waals surface area contributed by atoms with Crippen LogP contribution in [0.5, 0.6) is 0 Å². The first-order chi connectivity index (χ1) is 6.50. The molecular weight excluding hydrogens is 180 g/mol. The van der Waals surface area contributed by atoms with E-state index in [1.54, 1.807) is 19.0 Å². The molecule has 14 heavy (non-hydrogen) atoms. The van der Waals surface area contributed by atoms with Crippen LogP contribution >= 0.6 is 0 Å². The maximum atomic E-state index is 11.4. The second-order valence-electron chi connectivity index (χ2n) is 4.14. The molecule has 0 radical (unpaired) electrons. The van der Waals surface area contributed by atoms with E-state index in [2.05, 4.69) is 0 Å². The number of hydrogen-bond acceptors (Lipinski definition) is 3. The van der Waals surface area contributed by atoms with Crippen LogP contribution in [0.3, 0.4) is 0 Å². The van der Waals surface area contributed by atoms with Gasteiger partial charge in [-0.1, -0.05) is 0 Å². The molecular formula is C10H18N2O2. The lowest BCUT2D eigenvalue weighted by atomic mass is 10.2. The highest BCUT2D eigenvalue weighted by atomic mass is 16.2. The molecule has 0 aromatic rings. The van der Waals surface area contributed by atoms with Gasteiger partial charge in [0.05, 0.1) is 6.54 Å². The fraction of sp³-hybridized carbons (Fsp3) is 0.800. The standard InChI is InChI=1S/C10H18N2O2/c1-11(2)10(14)7-12(3)8-4-5-9(13)6-8/h8H,4-7H2,1-3H3. The van der Waals surface area contributed by atoms with Gasteiger partial charge in [0.2, 0.25) is 5.91 Å². The van der Waals surface area contributed by atoms with Crippen molar-refractivity contribution in [3.63, 3.8) is 0 Å². The molecule has 0 aromatic carbocycles. The summed E-state index contributed by atoms with van der Waals surface area (Å²) in [6.07, 6.45) is 2.18. The van der Waals surface area contributed by atoms with Gasteiger partial charge in [-0.25, -0.2) is 0 Å². The van der Waals surface area contributed by atoms with Crippen LogP contribution in [-0.2, 0) is 9.59 Å². The van der Waals surface area contributed by atoms with Crippen LogP contribution in [0, 0.1) is 0 Å². The summed E-state index contributed by atoms with van der Waals surface area (Å²) >= 11 is 0. The lowest BCUT2D eigenvalue weighted by molar-refractivity contribution is -0.130. The zero-order valence-electron chi connectivity index (χ0n) is 9.12. The summed E-state index contributed by atoms with van der Waals surface area (Å²) in [5, 5.41) is 0. The maximum Gasteiger partial charge on any atom is 0.236 e. The van der Waals surface area contributed by atoms with Crippen LogP contribution in [0.4, 0.5) is 0 Å². The van der Waals surface area contributed by atoms with Crippen LogP contribution in [0.1, 0.15) is 19.3 Å². The molecule has 4 nitrogen and oxygen atoms in total. The summed E-state index contributed by atoms with van der Waals surface area (Å²) in [7, 11) is 5.40. The Balaban J connectivity index is 2.38. The topological polar surface area (TPSA) is 40.6 Å². The number of ketones is 1. The molecule has 1 amide bonds. The molecule has 0 spiro atoms. The lowest BCUT2D eigenvalue weighted by Crippen LogP contribution is -2.39. The molecule has 0 N–H and O–H groups in total. The van der Waals surface area contributed by atoms with Crippen molar-refractivity contribution in [2.24, 2.45) is 0 Å². The van der Waals surface area contributed by atoms with Crippen molar-refractivity contribution in [1.29, 1.82) is 0 Å². The van der Waals surface area contributed by atoms with Gasteiger partial charge < -0.3 is 4.90 Å². The quantitative estimate of drug-likeness (QED) is 0.647. The molecule has 4 heteroatoms. The first-order valence-corrected chi connectivity index (χ1v) is 4.93. The van der Waals surface area contributed by atoms with Gasteiger partial charge >= 0.3 is 0 Å². The number of carbonyl (C=O) groups is 2. The predicted molar refractivity (Wildman–Crippen MR) is 54.0 cm³/mol. The first kappa shape index (κ1) is 11.2. The molecule has 1 atom stereocenters. The van der Waals surface area contributed by atoms with E-state index in [9.17, 15) is 9.59 Å². The molecule has 80 valence electrons. The Kier molecular flexibility index (Phi) is 3.63. The third-order valence-corrected chi connectivity index (χ3v) is 2.73. The number of amides is 1. The van der Waals surface area contributed by atoms with Crippen LogP contribution in [0.25, 0.3) is 0 Å². The van der Waals surface area contributed by atoms with E-state index in [0.717, 1.165) is 6.42 Å². The summed E-state index contributed by atoms with van der Waals surface area (Å²) in [6, 6.07) is 0.270. The number of rotatable bonds is 3. The molecule has 0 heterocycles. The fourth-order valence-electron chi connectivity index (χ4n) is 1.65. The van der Waals surface area contributed by atoms with Crippen LogP contribution in [0.15, 0.2) is 0 Å². The summed E-state index contributed by atoms with van der Waals surface area (Å²) in [5.41, 5.74) is 0. The molecule has 0 aromatic heterocycles. The Bertz CT molecular complexity index is 238. The summed E-state index contributed by atoms with van der Waals surface area (Å²) in [6.45, 7) is 0.408. The van der Waals surface area contributed by atoms with Crippen molar-refractivity contribution in [3.8, 4) is 0 Å². The molecule has 0 bridgehead atoms. The first-order valence-electron chi connectivity index (χ1n) is 4.93. The average Bonchev–Trinajstić information content (AvgIpc) is 2.51. The van der Waals surface area contributed by atoms with Crippen molar-refractivity contribution in [2.45, 2.75) is 25.3 Å². The predicted octanol–water partition coefficient (Wildman–Crippen LogP) is 0.128. The normalized spacial score (nSPS) is 21.7. The van der Waals surface area contributed by atoms with E-state index in [4.69, 9.17) is 0 Å². The van der Waals surface area contributed by atoms with Gasteiger partial charge in [0, 0.05) is 33.0 Å². The van der Waals surface area contributed by atoms with Crippen molar-refractivity contribution >= 4 is 11.7 Å². The number of likely N-dealkylation sites (N-methyl/N-ethyl adjacent to an activating group) is 2. The zero-order chi connectivity index (χ0) is 10.7. The van der Waals surface area contributed by atoms with E-state index in [0.29, 0.717) is 25.2 Å². The second kappa shape index (κ2) is 4.55. The van der Waals surface area contributed by atoms with Gasteiger partial charge in [0.1, 0.15) is 5.78 Å². The minimum atomic E-state index is 0.0897. The summed E-state index contributed by atoms with van der Waals surface area (Å²) < 4.78 is 0. The molecule has 1 aliphatic rings. The highest BCUT2D eigenvalue weighted by Gasteiger charge is 2.26. The van der Waals surface area contributed by atoms with Crippen LogP contribution in [-0.4, -0.2) is 55.2 Å². The highest BCUT2D eigenvalue weighted by molar-refractivity contribution is 5.81. The van der Waals surface area contributed by atoms with Crippen molar-refractivity contribution in [1.82, 2.24) is 9.80 Å². The summed E-state index contributed by atoms with van der Waals surface area (Å²) in [5.74, 6) is 0.408. The minimum Gasteiger partial charge on any atom is -0.348 e. The Hall–Kier alpha value is -0.900. The number of hydrogen-bond donors (Lipinski definition) is 0. The smallest absolute Gasteiger partial charge is 0.236 e. The molecule has 1 rings (SSSR count). The van der Waals surface area contributed by atoms with Gasteiger partial charge in [-0.15, -0.1) is 0 Å². The molecule has 1 saturated carbocycles. The molecule has 0 aliphatic heterocycles. The van der Waals surface area contributed by atoms with Crippen molar-refractivity contribution < 1.29 is 9.59 Å². The third kappa shape index (κ3) is 2.80. The largest absolute Gasteiger partial charge is 0.348 e. The van der Waals surface area contributed by atoms with E-state index in [1.165, 1.54) is 0 Å². The maximum absolute atomic E-state index is 11.4. The molecule has 0 saturated heterocycles. The summed E-state index contributed by atoms with van der Waals surface area (Å²) in [4.78, 5) is 26.0.